The third-order valence-corrected chi connectivity index (χ3v) is 1.23. The molecule has 0 spiro atoms. The molecular weight excluding hydrogens is 126 g/mol. The summed E-state index contributed by atoms with van der Waals surface area (Å²) >= 11 is 0. The fourth-order valence-electron chi connectivity index (χ4n) is 0.600. The molecule has 0 aliphatic carbocycles. The normalized spacial score (nSPS) is 8.80. The van der Waals surface area contributed by atoms with Gasteiger partial charge in [0.1, 0.15) is 5.75 Å². The van der Waals surface area contributed by atoms with Crippen LogP contribution in [0.4, 0.5) is 0 Å². The van der Waals surface area contributed by atoms with Crippen molar-refractivity contribution in [2.45, 2.75) is 6.92 Å². The molecule has 0 saturated carbocycles. The second-order valence-corrected chi connectivity index (χ2v) is 1.97. The van der Waals surface area contributed by atoms with E-state index in [9.17, 15) is 0 Å². The highest BCUT2D eigenvalue weighted by Gasteiger charge is 1.95. The highest BCUT2D eigenvalue weighted by molar-refractivity contribution is 5.37. The van der Waals surface area contributed by atoms with Crippen molar-refractivity contribution in [3.8, 4) is 18.1 Å². The molecule has 1 rings (SSSR count). The Morgan fingerprint density at radius 1 is 1.70 bits per heavy atom. The monoisotopic (exact) mass is 133 g/mol. The van der Waals surface area contributed by atoms with Crippen molar-refractivity contribution in [2.75, 3.05) is 0 Å². The minimum atomic E-state index is 0.149. The quantitative estimate of drug-likeness (QED) is 0.537. The highest BCUT2D eigenvalue weighted by atomic mass is 16.3. The van der Waals surface area contributed by atoms with Crippen LogP contribution in [0.5, 0.6) is 5.75 Å². The molecule has 2 heteroatoms. The molecule has 0 bridgehead atoms. The van der Waals surface area contributed by atoms with Crippen LogP contribution >= 0.6 is 0 Å². The van der Waals surface area contributed by atoms with E-state index in [0.717, 1.165) is 0 Å². The number of aromatic nitrogens is 1. The first kappa shape index (κ1) is 6.63. The lowest BCUT2D eigenvalue weighted by molar-refractivity contribution is 0.467. The van der Waals surface area contributed by atoms with E-state index in [1.54, 1.807) is 13.1 Å². The van der Waals surface area contributed by atoms with Gasteiger partial charge in [0.2, 0.25) is 0 Å². The Bertz CT molecular complexity index is 286. The van der Waals surface area contributed by atoms with Gasteiger partial charge in [-0.15, -0.1) is 6.42 Å². The van der Waals surface area contributed by atoms with Gasteiger partial charge in [0.25, 0.3) is 0 Å². The highest BCUT2D eigenvalue weighted by Crippen LogP contribution is 2.13. The van der Waals surface area contributed by atoms with E-state index < -0.39 is 0 Å². The van der Waals surface area contributed by atoms with Crippen LogP contribution in [-0.2, 0) is 0 Å². The van der Waals surface area contributed by atoms with Gasteiger partial charge in [0, 0.05) is 11.8 Å². The lowest BCUT2D eigenvalue weighted by atomic mass is 10.2. The van der Waals surface area contributed by atoms with Gasteiger partial charge in [-0.3, -0.25) is 4.98 Å². The topological polar surface area (TPSA) is 33.1 Å². The standard InChI is InChI=1S/C8H7NO/c1-3-7-4-8(10)6(2)9-5-7/h1,4-5,10H,2H3. The zero-order valence-electron chi connectivity index (χ0n) is 5.63. The van der Waals surface area contributed by atoms with Gasteiger partial charge in [0.05, 0.1) is 5.69 Å². The van der Waals surface area contributed by atoms with Crippen LogP contribution in [0, 0.1) is 19.3 Å². The predicted octanol–water partition coefficient (Wildman–Crippen LogP) is 1.08. The number of hydrogen-bond acceptors (Lipinski definition) is 2. The molecule has 0 aliphatic rings. The number of nitrogens with zero attached hydrogens (tertiary/aromatic N) is 1. The Kier molecular flexibility index (Phi) is 1.59. The van der Waals surface area contributed by atoms with Crippen molar-refractivity contribution < 1.29 is 5.11 Å². The summed E-state index contributed by atoms with van der Waals surface area (Å²) in [7, 11) is 0. The SMILES string of the molecule is C#Cc1cnc(C)c(O)c1. The van der Waals surface area contributed by atoms with Crippen LogP contribution in [0.25, 0.3) is 0 Å². The molecule has 0 fully saturated rings. The molecule has 1 heterocycles. The van der Waals surface area contributed by atoms with E-state index >= 15 is 0 Å². The summed E-state index contributed by atoms with van der Waals surface area (Å²) < 4.78 is 0. The van der Waals surface area contributed by atoms with Gasteiger partial charge in [-0.25, -0.2) is 0 Å². The lowest BCUT2D eigenvalue weighted by Crippen LogP contribution is -1.82. The molecule has 0 aromatic carbocycles. The van der Waals surface area contributed by atoms with Crippen molar-refractivity contribution in [1.82, 2.24) is 4.98 Å². The van der Waals surface area contributed by atoms with E-state index in [2.05, 4.69) is 10.9 Å². The average Bonchev–Trinajstić information content (AvgIpc) is 1.95. The van der Waals surface area contributed by atoms with Gasteiger partial charge >= 0.3 is 0 Å². The minimum absolute atomic E-state index is 0.149. The maximum Gasteiger partial charge on any atom is 0.138 e. The molecule has 10 heavy (non-hydrogen) atoms. The molecule has 2 nitrogen and oxygen atoms in total. The molecule has 1 aromatic rings. The molecule has 1 aromatic heterocycles. The molecule has 0 radical (unpaired) electrons. The fourth-order valence-corrected chi connectivity index (χ4v) is 0.600. The zero-order valence-corrected chi connectivity index (χ0v) is 5.63. The maximum atomic E-state index is 9.07. The van der Waals surface area contributed by atoms with Crippen LogP contribution in [0.3, 0.4) is 0 Å². The first-order chi connectivity index (χ1) is 4.74. The first-order valence-electron chi connectivity index (χ1n) is 2.86. The van der Waals surface area contributed by atoms with Crippen LogP contribution in [0.2, 0.25) is 0 Å². The van der Waals surface area contributed by atoms with Crippen molar-refractivity contribution in [3.63, 3.8) is 0 Å². The van der Waals surface area contributed by atoms with Crippen LogP contribution in [0.1, 0.15) is 11.3 Å². The molecule has 0 unspecified atom stereocenters. The van der Waals surface area contributed by atoms with Gasteiger partial charge in [-0.1, -0.05) is 5.92 Å². The Morgan fingerprint density at radius 2 is 2.40 bits per heavy atom. The number of pyridine rings is 1. The molecule has 0 saturated heterocycles. The zero-order chi connectivity index (χ0) is 7.56. The first-order valence-corrected chi connectivity index (χ1v) is 2.86. The van der Waals surface area contributed by atoms with E-state index in [-0.39, 0.29) is 5.75 Å². The number of terminal acetylenes is 1. The Hall–Kier alpha value is -1.49. The summed E-state index contributed by atoms with van der Waals surface area (Å²) in [6.07, 6.45) is 6.62. The molecule has 0 amide bonds. The molecule has 50 valence electrons. The van der Waals surface area contributed by atoms with E-state index in [4.69, 9.17) is 11.5 Å². The van der Waals surface area contributed by atoms with Crippen molar-refractivity contribution in [1.29, 1.82) is 0 Å². The van der Waals surface area contributed by atoms with Gasteiger partial charge in [-0.05, 0) is 13.0 Å². The molecular formula is C8H7NO. The maximum absolute atomic E-state index is 9.07. The number of rotatable bonds is 0. The van der Waals surface area contributed by atoms with Gasteiger partial charge in [0.15, 0.2) is 0 Å². The summed E-state index contributed by atoms with van der Waals surface area (Å²) in [6.45, 7) is 1.72. The van der Waals surface area contributed by atoms with Crippen LogP contribution < -0.4 is 0 Å². The van der Waals surface area contributed by atoms with Crippen molar-refractivity contribution in [2.24, 2.45) is 0 Å². The Balaban J connectivity index is 3.20. The number of aromatic hydroxyl groups is 1. The van der Waals surface area contributed by atoms with Gasteiger partial charge < -0.3 is 5.11 Å². The summed E-state index contributed by atoms with van der Waals surface area (Å²) in [5.74, 6) is 2.52. The summed E-state index contributed by atoms with van der Waals surface area (Å²) in [4.78, 5) is 3.86. The second-order valence-electron chi connectivity index (χ2n) is 1.97. The Morgan fingerprint density at radius 3 is 2.90 bits per heavy atom. The number of aryl methyl sites for hydroxylation is 1. The van der Waals surface area contributed by atoms with E-state index in [1.165, 1.54) is 6.07 Å². The summed E-state index contributed by atoms with van der Waals surface area (Å²) in [5.41, 5.74) is 1.20. The smallest absolute Gasteiger partial charge is 0.138 e. The minimum Gasteiger partial charge on any atom is -0.506 e. The average molecular weight is 133 g/mol. The molecule has 0 aliphatic heterocycles. The lowest BCUT2D eigenvalue weighted by Gasteiger charge is -1.95. The summed E-state index contributed by atoms with van der Waals surface area (Å²) in [6, 6.07) is 1.52. The third kappa shape index (κ3) is 1.08. The largest absolute Gasteiger partial charge is 0.506 e. The van der Waals surface area contributed by atoms with Crippen molar-refractivity contribution in [3.05, 3.63) is 23.5 Å². The summed E-state index contributed by atoms with van der Waals surface area (Å²) in [5, 5.41) is 9.07. The Labute approximate surface area is 59.5 Å². The predicted molar refractivity (Wildman–Crippen MR) is 38.6 cm³/mol. The van der Waals surface area contributed by atoms with E-state index in [0.29, 0.717) is 11.3 Å². The number of hydrogen-bond donors (Lipinski definition) is 1. The molecule has 0 atom stereocenters. The molecule has 1 N–H and O–H groups in total. The van der Waals surface area contributed by atoms with Crippen molar-refractivity contribution >= 4 is 0 Å². The van der Waals surface area contributed by atoms with Crippen LogP contribution in [-0.4, -0.2) is 10.1 Å². The van der Waals surface area contributed by atoms with E-state index in [1.807, 2.05) is 0 Å². The third-order valence-electron chi connectivity index (χ3n) is 1.23. The fraction of sp³-hybridized carbons (Fsp3) is 0.125. The second kappa shape index (κ2) is 2.40. The van der Waals surface area contributed by atoms with Gasteiger partial charge in [-0.2, -0.15) is 0 Å². The van der Waals surface area contributed by atoms with Crippen LogP contribution in [0.15, 0.2) is 12.3 Å².